The van der Waals surface area contributed by atoms with Crippen LogP contribution in [0.15, 0.2) is 12.1 Å². The third-order valence-electron chi connectivity index (χ3n) is 3.58. The van der Waals surface area contributed by atoms with Crippen LogP contribution in [0.2, 0.25) is 0 Å². The van der Waals surface area contributed by atoms with Gasteiger partial charge in [-0.3, -0.25) is 0 Å². The van der Waals surface area contributed by atoms with Crippen LogP contribution in [0.5, 0.6) is 0 Å². The molecule has 0 aromatic carbocycles. The second-order valence-electron chi connectivity index (χ2n) is 5.59. The van der Waals surface area contributed by atoms with Gasteiger partial charge in [-0.15, -0.1) is 11.3 Å². The van der Waals surface area contributed by atoms with Crippen LogP contribution in [0, 0.1) is 0 Å². The number of aliphatic carboxylic acids is 2. The van der Waals surface area contributed by atoms with E-state index in [0.717, 1.165) is 51.4 Å². The Balaban J connectivity index is 2.04. The second kappa shape index (κ2) is 11.2. The van der Waals surface area contributed by atoms with E-state index in [9.17, 15) is 19.8 Å². The van der Waals surface area contributed by atoms with Crippen molar-refractivity contribution in [3.8, 4) is 0 Å². The Morgan fingerprint density at radius 2 is 1.14 bits per heavy atom. The molecule has 0 atom stereocenters. The zero-order valence-electron chi connectivity index (χ0n) is 13.0. The molecule has 0 bridgehead atoms. The fourth-order valence-corrected chi connectivity index (χ4v) is 3.46. The first-order valence-electron chi connectivity index (χ1n) is 8.05. The van der Waals surface area contributed by atoms with E-state index in [2.05, 4.69) is 12.1 Å². The van der Waals surface area contributed by atoms with Gasteiger partial charge in [-0.1, -0.05) is 19.3 Å². The first kappa shape index (κ1) is 18.7. The average Bonchev–Trinajstić information content (AvgIpc) is 2.90. The molecule has 0 fully saturated rings. The van der Waals surface area contributed by atoms with Crippen LogP contribution in [-0.4, -0.2) is 11.9 Å². The highest BCUT2D eigenvalue weighted by atomic mass is 32.1. The lowest BCUT2D eigenvalue weighted by Crippen LogP contribution is -2.21. The smallest absolute Gasteiger partial charge is 0.0414 e. The van der Waals surface area contributed by atoms with Crippen LogP contribution in [0.4, 0.5) is 0 Å². The molecule has 0 saturated carbocycles. The van der Waals surface area contributed by atoms with Crippen LogP contribution in [0.25, 0.3) is 0 Å². The molecule has 5 heteroatoms. The summed E-state index contributed by atoms with van der Waals surface area (Å²) in [6.45, 7) is 0. The van der Waals surface area contributed by atoms with E-state index in [1.807, 2.05) is 11.3 Å². The maximum absolute atomic E-state index is 10.3. The number of hydrogen-bond acceptors (Lipinski definition) is 5. The van der Waals surface area contributed by atoms with Gasteiger partial charge in [0.2, 0.25) is 0 Å². The molecule has 0 N–H and O–H groups in total. The van der Waals surface area contributed by atoms with Gasteiger partial charge in [0, 0.05) is 21.7 Å². The van der Waals surface area contributed by atoms with E-state index in [1.54, 1.807) is 0 Å². The number of carboxylic acids is 2. The molecule has 1 aromatic heterocycles. The van der Waals surface area contributed by atoms with Gasteiger partial charge in [-0.2, -0.15) is 0 Å². The lowest BCUT2D eigenvalue weighted by molar-refractivity contribution is -0.307. The molecule has 4 nitrogen and oxygen atoms in total. The van der Waals surface area contributed by atoms with Gasteiger partial charge in [-0.05, 0) is 63.5 Å². The number of thiophene rings is 1. The Morgan fingerprint density at radius 1 is 0.727 bits per heavy atom. The van der Waals surface area contributed by atoms with E-state index < -0.39 is 11.9 Å². The third kappa shape index (κ3) is 9.55. The lowest BCUT2D eigenvalue weighted by Gasteiger charge is -2.02. The van der Waals surface area contributed by atoms with Crippen molar-refractivity contribution < 1.29 is 19.8 Å². The van der Waals surface area contributed by atoms with Crippen molar-refractivity contribution in [3.63, 3.8) is 0 Å². The minimum absolute atomic E-state index is 0.149. The van der Waals surface area contributed by atoms with Gasteiger partial charge >= 0.3 is 0 Å². The minimum atomic E-state index is -0.966. The summed E-state index contributed by atoms with van der Waals surface area (Å²) < 4.78 is 0. The third-order valence-corrected chi connectivity index (χ3v) is 4.78. The van der Waals surface area contributed by atoms with E-state index in [4.69, 9.17) is 0 Å². The Bertz CT molecular complexity index is 453. The zero-order valence-corrected chi connectivity index (χ0v) is 13.8. The van der Waals surface area contributed by atoms with Crippen LogP contribution < -0.4 is 10.2 Å². The largest absolute Gasteiger partial charge is 0.550 e. The molecule has 0 amide bonds. The van der Waals surface area contributed by atoms with E-state index in [1.165, 1.54) is 9.75 Å². The van der Waals surface area contributed by atoms with Crippen molar-refractivity contribution in [3.05, 3.63) is 21.9 Å². The van der Waals surface area contributed by atoms with Crippen molar-refractivity contribution in [1.29, 1.82) is 0 Å². The number of carbonyl (C=O) groups is 2. The van der Waals surface area contributed by atoms with Gasteiger partial charge < -0.3 is 19.8 Å². The molecule has 0 aliphatic carbocycles. The van der Waals surface area contributed by atoms with Crippen molar-refractivity contribution in [2.75, 3.05) is 0 Å². The topological polar surface area (TPSA) is 80.3 Å². The van der Waals surface area contributed by atoms with E-state index in [0.29, 0.717) is 6.42 Å². The molecule has 0 spiro atoms. The molecule has 22 heavy (non-hydrogen) atoms. The van der Waals surface area contributed by atoms with E-state index >= 15 is 0 Å². The quantitative estimate of drug-likeness (QED) is 0.519. The predicted octanol–water partition coefficient (Wildman–Crippen LogP) is 1.84. The minimum Gasteiger partial charge on any atom is -0.550 e. The summed E-state index contributed by atoms with van der Waals surface area (Å²) in [5, 5.41) is 20.6. The first-order chi connectivity index (χ1) is 10.6. The van der Waals surface area contributed by atoms with Crippen molar-refractivity contribution in [2.24, 2.45) is 0 Å². The summed E-state index contributed by atoms with van der Waals surface area (Å²) in [5.41, 5.74) is 0. The molecular formula is C17H24O4S-2. The van der Waals surface area contributed by atoms with Crippen LogP contribution in [0.1, 0.15) is 67.5 Å². The van der Waals surface area contributed by atoms with Gasteiger partial charge in [-0.25, -0.2) is 0 Å². The second-order valence-corrected chi connectivity index (χ2v) is 6.84. The van der Waals surface area contributed by atoms with Gasteiger partial charge in [0.1, 0.15) is 0 Å². The zero-order chi connectivity index (χ0) is 16.2. The lowest BCUT2D eigenvalue weighted by atomic mass is 10.1. The normalized spacial score (nSPS) is 10.7. The highest BCUT2D eigenvalue weighted by Gasteiger charge is 2.01. The monoisotopic (exact) mass is 324 g/mol. The molecule has 124 valence electrons. The fourth-order valence-electron chi connectivity index (χ4n) is 2.36. The number of unbranched alkanes of at least 4 members (excludes halogenated alkanes) is 5. The summed E-state index contributed by atoms with van der Waals surface area (Å²) in [6.07, 6.45) is 8.94. The molecule has 0 radical (unpaired) electrons. The molecule has 0 aliphatic rings. The SMILES string of the molecule is O=C([O-])CCCCCCCc1ccc(CCCCC(=O)[O-])s1. The van der Waals surface area contributed by atoms with Gasteiger partial charge in [0.15, 0.2) is 0 Å². The van der Waals surface area contributed by atoms with Crippen LogP contribution in [-0.2, 0) is 22.4 Å². The van der Waals surface area contributed by atoms with Crippen LogP contribution in [0.3, 0.4) is 0 Å². The van der Waals surface area contributed by atoms with Gasteiger partial charge in [0.05, 0.1) is 0 Å². The maximum Gasteiger partial charge on any atom is 0.0414 e. The number of carbonyl (C=O) groups excluding carboxylic acids is 2. The van der Waals surface area contributed by atoms with Crippen molar-refractivity contribution in [2.45, 2.75) is 70.6 Å². The molecule has 0 unspecified atom stereocenters. The highest BCUT2D eigenvalue weighted by molar-refractivity contribution is 7.11. The molecule has 1 aromatic rings. The predicted molar refractivity (Wildman–Crippen MR) is 83.3 cm³/mol. The molecule has 0 aliphatic heterocycles. The molecular weight excluding hydrogens is 300 g/mol. The Labute approximate surface area is 136 Å². The summed E-state index contributed by atoms with van der Waals surface area (Å²) in [7, 11) is 0. The standard InChI is InChI=1S/C17H26O4S/c18-16(19)10-5-3-1-2-4-8-14-12-13-15(22-14)9-6-7-11-17(20)21/h12-13H,1-11H2,(H,18,19)(H,20,21)/p-2. The number of carboxylic acid groups (broad SMARTS) is 2. The summed E-state index contributed by atoms with van der Waals surface area (Å²) in [6, 6.07) is 4.30. The maximum atomic E-state index is 10.3. The number of hydrogen-bond donors (Lipinski definition) is 0. The average molecular weight is 324 g/mol. The van der Waals surface area contributed by atoms with Gasteiger partial charge in [0.25, 0.3) is 0 Å². The van der Waals surface area contributed by atoms with E-state index in [-0.39, 0.29) is 12.8 Å². The first-order valence-corrected chi connectivity index (χ1v) is 8.87. The molecule has 1 heterocycles. The Hall–Kier alpha value is -1.36. The Kier molecular flexibility index (Phi) is 9.55. The summed E-state index contributed by atoms with van der Waals surface area (Å²) in [4.78, 5) is 23.3. The summed E-state index contributed by atoms with van der Waals surface area (Å²) in [5.74, 6) is -1.92. The number of aryl methyl sites for hydroxylation is 2. The van der Waals surface area contributed by atoms with Crippen molar-refractivity contribution in [1.82, 2.24) is 0 Å². The molecule has 0 saturated heterocycles. The summed E-state index contributed by atoms with van der Waals surface area (Å²) >= 11 is 1.81. The highest BCUT2D eigenvalue weighted by Crippen LogP contribution is 2.21. The fraction of sp³-hybridized carbons (Fsp3) is 0.647. The van der Waals surface area contributed by atoms with Crippen molar-refractivity contribution >= 4 is 23.3 Å². The van der Waals surface area contributed by atoms with Crippen LogP contribution >= 0.6 is 11.3 Å². The molecule has 1 rings (SSSR count). The number of rotatable bonds is 13. The Morgan fingerprint density at radius 3 is 1.68 bits per heavy atom.